The first-order valence-electron chi connectivity index (χ1n) is 14.4. The van der Waals surface area contributed by atoms with Crippen molar-refractivity contribution in [3.63, 3.8) is 0 Å². The average molecular weight is 584 g/mol. The van der Waals surface area contributed by atoms with Crippen LogP contribution in [0.2, 0.25) is 0 Å². The van der Waals surface area contributed by atoms with Crippen LogP contribution in [0.15, 0.2) is 84.9 Å². The highest BCUT2D eigenvalue weighted by molar-refractivity contribution is 7.12. The average Bonchev–Trinajstić information content (AvgIpc) is 3.42. The van der Waals surface area contributed by atoms with Crippen molar-refractivity contribution in [3.8, 4) is 0 Å². The second-order valence-electron chi connectivity index (χ2n) is 11.1. The maximum Gasteiger partial charge on any atom is 0.251 e. The summed E-state index contributed by atoms with van der Waals surface area (Å²) in [5.74, 6) is -0.567. The first kappa shape index (κ1) is 31.2. The van der Waals surface area contributed by atoms with Crippen LogP contribution in [0, 0.1) is 20.8 Å². The lowest BCUT2D eigenvalue weighted by molar-refractivity contribution is 0.0825. The third-order valence-corrected chi connectivity index (χ3v) is 8.61. The van der Waals surface area contributed by atoms with Crippen LogP contribution in [0.4, 0.5) is 0 Å². The van der Waals surface area contributed by atoms with E-state index in [2.05, 4.69) is 54.1 Å². The number of rotatable bonds is 12. The number of aliphatic hydroxyl groups is 1. The Hall–Kier alpha value is -3.78. The van der Waals surface area contributed by atoms with Gasteiger partial charge in [-0.1, -0.05) is 60.2 Å². The quantitative estimate of drug-likeness (QED) is 0.159. The van der Waals surface area contributed by atoms with Gasteiger partial charge in [-0.2, -0.15) is 0 Å². The fourth-order valence-corrected chi connectivity index (χ4v) is 5.78. The molecule has 0 aliphatic carbocycles. The van der Waals surface area contributed by atoms with Crippen molar-refractivity contribution >= 4 is 23.2 Å². The van der Waals surface area contributed by atoms with Crippen LogP contribution in [0.25, 0.3) is 0 Å². The molecule has 0 bridgehead atoms. The van der Waals surface area contributed by atoms with Gasteiger partial charge < -0.3 is 21.1 Å². The van der Waals surface area contributed by atoms with E-state index < -0.39 is 12.1 Å². The van der Waals surface area contributed by atoms with Crippen LogP contribution in [-0.4, -0.2) is 35.6 Å². The molecule has 4 atom stereocenters. The van der Waals surface area contributed by atoms with Crippen LogP contribution < -0.4 is 16.0 Å². The van der Waals surface area contributed by atoms with Crippen LogP contribution in [-0.2, 0) is 6.42 Å². The first-order chi connectivity index (χ1) is 20.1. The number of amides is 2. The summed E-state index contributed by atoms with van der Waals surface area (Å²) in [4.78, 5) is 28.9. The van der Waals surface area contributed by atoms with Crippen LogP contribution >= 0.6 is 11.3 Å². The molecular weight excluding hydrogens is 542 g/mol. The largest absolute Gasteiger partial charge is 0.390 e. The van der Waals surface area contributed by atoms with Crippen molar-refractivity contribution in [2.24, 2.45) is 0 Å². The summed E-state index contributed by atoms with van der Waals surface area (Å²) >= 11 is 1.65. The Balaban J connectivity index is 1.47. The zero-order valence-electron chi connectivity index (χ0n) is 25.0. The van der Waals surface area contributed by atoms with Crippen LogP contribution in [0.3, 0.4) is 0 Å². The Bertz CT molecular complexity index is 1480. The summed E-state index contributed by atoms with van der Waals surface area (Å²) in [6.07, 6.45) is -0.379. The van der Waals surface area contributed by atoms with E-state index in [-0.39, 0.29) is 23.9 Å². The third-order valence-electron chi connectivity index (χ3n) is 7.43. The topological polar surface area (TPSA) is 90.5 Å². The van der Waals surface area contributed by atoms with Gasteiger partial charge in [-0.15, -0.1) is 11.3 Å². The molecule has 3 aromatic carbocycles. The van der Waals surface area contributed by atoms with Gasteiger partial charge >= 0.3 is 0 Å². The molecule has 42 heavy (non-hydrogen) atoms. The van der Waals surface area contributed by atoms with E-state index in [0.717, 1.165) is 21.6 Å². The summed E-state index contributed by atoms with van der Waals surface area (Å²) in [5.41, 5.74) is 4.95. The minimum absolute atomic E-state index is 0.0339. The normalized spacial score (nSPS) is 14.0. The molecule has 4 aromatic rings. The number of carbonyl (C=O) groups excluding carboxylic acids is 2. The minimum Gasteiger partial charge on any atom is -0.390 e. The molecule has 0 saturated heterocycles. The Morgan fingerprint density at radius 2 is 1.40 bits per heavy atom. The number of aliphatic hydroxyl groups excluding tert-OH is 1. The summed E-state index contributed by atoms with van der Waals surface area (Å²) in [5, 5.41) is 20.8. The molecule has 0 aliphatic heterocycles. The Morgan fingerprint density at radius 3 is 2.02 bits per heavy atom. The van der Waals surface area contributed by atoms with Crippen molar-refractivity contribution in [3.05, 3.63) is 128 Å². The number of thiophene rings is 1. The highest BCUT2D eigenvalue weighted by Gasteiger charge is 2.24. The number of carbonyl (C=O) groups is 2. The fourth-order valence-electron chi connectivity index (χ4n) is 4.90. The molecular formula is C35H41N3O3S. The van der Waals surface area contributed by atoms with E-state index in [4.69, 9.17) is 0 Å². The van der Waals surface area contributed by atoms with Gasteiger partial charge in [-0.3, -0.25) is 9.59 Å². The van der Waals surface area contributed by atoms with Crippen LogP contribution in [0.1, 0.15) is 78.7 Å². The Labute approximate surface area is 253 Å². The number of benzene rings is 3. The van der Waals surface area contributed by atoms with E-state index in [0.29, 0.717) is 24.1 Å². The van der Waals surface area contributed by atoms with Crippen molar-refractivity contribution < 1.29 is 14.7 Å². The van der Waals surface area contributed by atoms with Crippen molar-refractivity contribution in [1.29, 1.82) is 0 Å². The highest BCUT2D eigenvalue weighted by atomic mass is 32.1. The van der Waals surface area contributed by atoms with Gasteiger partial charge in [0.15, 0.2) is 0 Å². The zero-order chi connectivity index (χ0) is 30.2. The number of hydrogen-bond donors (Lipinski definition) is 4. The molecule has 1 unspecified atom stereocenters. The molecule has 2 amide bonds. The van der Waals surface area contributed by atoms with Crippen molar-refractivity contribution in [2.75, 3.05) is 6.54 Å². The van der Waals surface area contributed by atoms with E-state index in [1.165, 1.54) is 10.4 Å². The van der Waals surface area contributed by atoms with E-state index in [1.807, 2.05) is 63.2 Å². The molecule has 0 saturated carbocycles. The lowest BCUT2D eigenvalue weighted by atomic mass is 9.99. The molecule has 1 aromatic heterocycles. The number of aryl methyl sites for hydroxylation is 3. The van der Waals surface area contributed by atoms with Crippen LogP contribution in [0.5, 0.6) is 0 Å². The molecule has 4 N–H and O–H groups in total. The molecule has 220 valence electrons. The molecule has 0 aliphatic rings. The van der Waals surface area contributed by atoms with Gasteiger partial charge in [-0.25, -0.2) is 0 Å². The van der Waals surface area contributed by atoms with Gasteiger partial charge in [0.25, 0.3) is 11.8 Å². The van der Waals surface area contributed by atoms with Gasteiger partial charge in [0.05, 0.1) is 18.2 Å². The Kier molecular flexibility index (Phi) is 10.7. The molecule has 4 rings (SSSR count). The lowest BCUT2D eigenvalue weighted by Gasteiger charge is -2.26. The summed E-state index contributed by atoms with van der Waals surface area (Å²) < 4.78 is 0. The smallest absolute Gasteiger partial charge is 0.251 e. The van der Waals surface area contributed by atoms with E-state index in [9.17, 15) is 14.7 Å². The van der Waals surface area contributed by atoms with Gasteiger partial charge in [0.2, 0.25) is 0 Å². The maximum atomic E-state index is 13.5. The minimum atomic E-state index is -0.843. The van der Waals surface area contributed by atoms with Crippen molar-refractivity contribution in [1.82, 2.24) is 16.0 Å². The molecule has 0 fully saturated rings. The van der Waals surface area contributed by atoms with Gasteiger partial charge in [0, 0.05) is 33.5 Å². The Morgan fingerprint density at radius 1 is 0.762 bits per heavy atom. The summed E-state index contributed by atoms with van der Waals surface area (Å²) in [7, 11) is 0. The zero-order valence-corrected chi connectivity index (χ0v) is 25.8. The first-order valence-corrected chi connectivity index (χ1v) is 15.2. The second-order valence-corrected chi connectivity index (χ2v) is 12.4. The monoisotopic (exact) mass is 583 g/mol. The maximum absolute atomic E-state index is 13.5. The lowest BCUT2D eigenvalue weighted by Crippen LogP contribution is -2.49. The predicted molar refractivity (Wildman–Crippen MR) is 171 cm³/mol. The van der Waals surface area contributed by atoms with Gasteiger partial charge in [-0.05, 0) is 88.1 Å². The summed E-state index contributed by atoms with van der Waals surface area (Å²) in [6, 6.07) is 26.7. The molecule has 0 radical (unpaired) electrons. The number of hydrogen-bond acceptors (Lipinski definition) is 5. The molecule has 1 heterocycles. The second kappa shape index (κ2) is 14.4. The number of nitrogens with one attached hydrogen (secondary N) is 3. The predicted octanol–water partition coefficient (Wildman–Crippen LogP) is 6.22. The summed E-state index contributed by atoms with van der Waals surface area (Å²) in [6.45, 7) is 10.3. The third kappa shape index (κ3) is 8.61. The van der Waals surface area contributed by atoms with E-state index in [1.54, 1.807) is 29.5 Å². The molecule has 0 spiro atoms. The SMILES string of the molecule is Cc1ccc([C@@H](C)NC[C@@H](O)[C@H](Cc2ccccc2)NC(=O)c2cc(C)cc(C(=O)NC(C)c3ccc(C)s3)c2)cc1. The van der Waals surface area contributed by atoms with Crippen molar-refractivity contribution in [2.45, 2.75) is 65.3 Å². The molecule has 6 nitrogen and oxygen atoms in total. The van der Waals surface area contributed by atoms with E-state index >= 15 is 0 Å². The van der Waals surface area contributed by atoms with Gasteiger partial charge in [0.1, 0.15) is 0 Å². The highest BCUT2D eigenvalue weighted by Crippen LogP contribution is 2.23. The molecule has 7 heteroatoms. The fraction of sp³-hybridized carbons (Fsp3) is 0.314. The standard InChI is InChI=1S/C35H41N3O3S/c1-22-11-14-28(15-12-22)25(4)36-21-32(39)31(19-27-9-7-6-8-10-27)38-35(41)30-18-23(2)17-29(20-30)34(40)37-26(5)33-16-13-24(3)42-33/h6-18,20,25-26,31-32,36,39H,19,21H2,1-5H3,(H,37,40)(H,38,41)/t25-,26?,31+,32-/m1/s1.